The highest BCUT2D eigenvalue weighted by Crippen LogP contribution is 2.20. The van der Waals surface area contributed by atoms with Crippen LogP contribution in [0.3, 0.4) is 0 Å². The minimum absolute atomic E-state index is 0.00275. The van der Waals surface area contributed by atoms with Gasteiger partial charge in [-0.05, 0) is 31.0 Å². The lowest BCUT2D eigenvalue weighted by atomic mass is 10.0. The van der Waals surface area contributed by atoms with Crippen LogP contribution in [0.5, 0.6) is 5.75 Å². The fraction of sp³-hybridized carbons (Fsp3) is 0.375. The Labute approximate surface area is 129 Å². The summed E-state index contributed by atoms with van der Waals surface area (Å²) in [7, 11) is 1.64. The number of benzene rings is 1. The number of amides is 1. The number of rotatable bonds is 6. The summed E-state index contributed by atoms with van der Waals surface area (Å²) in [5, 5.41) is 5.98. The fourth-order valence-electron chi connectivity index (χ4n) is 2.16. The minimum atomic E-state index is 0.00275. The Kier molecular flexibility index (Phi) is 5.33. The molecular weight excluding hydrogens is 284 g/mol. The predicted molar refractivity (Wildman–Crippen MR) is 84.7 cm³/mol. The Morgan fingerprint density at radius 2 is 2.10 bits per heavy atom. The number of aromatic nitrogens is 1. The molecule has 112 valence electrons. The maximum atomic E-state index is 12.1. The lowest BCUT2D eigenvalue weighted by molar-refractivity contribution is -0.121. The van der Waals surface area contributed by atoms with E-state index in [-0.39, 0.29) is 11.9 Å². The Morgan fingerprint density at radius 1 is 1.38 bits per heavy atom. The summed E-state index contributed by atoms with van der Waals surface area (Å²) < 4.78 is 5.15. The van der Waals surface area contributed by atoms with Gasteiger partial charge in [0.2, 0.25) is 5.91 Å². The molecule has 21 heavy (non-hydrogen) atoms. The van der Waals surface area contributed by atoms with Crippen molar-refractivity contribution < 1.29 is 9.53 Å². The van der Waals surface area contributed by atoms with Crippen LogP contribution in [0.2, 0.25) is 0 Å². The maximum Gasteiger partial charge on any atom is 0.226 e. The average Bonchev–Trinajstić information content (AvgIpc) is 2.90. The summed E-state index contributed by atoms with van der Waals surface area (Å²) in [5.74, 6) is 0.820. The highest BCUT2D eigenvalue weighted by molar-refractivity contribution is 7.09. The van der Waals surface area contributed by atoms with Crippen molar-refractivity contribution in [3.63, 3.8) is 0 Å². The van der Waals surface area contributed by atoms with Crippen LogP contribution < -0.4 is 10.1 Å². The summed E-state index contributed by atoms with van der Waals surface area (Å²) in [6.07, 6.45) is 1.17. The van der Waals surface area contributed by atoms with E-state index < -0.39 is 0 Å². The van der Waals surface area contributed by atoms with E-state index in [0.29, 0.717) is 6.42 Å². The van der Waals surface area contributed by atoms with E-state index in [9.17, 15) is 4.79 Å². The monoisotopic (exact) mass is 304 g/mol. The van der Waals surface area contributed by atoms with Gasteiger partial charge in [0.1, 0.15) is 5.75 Å². The number of hydrogen-bond donors (Lipinski definition) is 1. The molecule has 0 saturated carbocycles. The van der Waals surface area contributed by atoms with Crippen molar-refractivity contribution in [3.05, 3.63) is 45.9 Å². The van der Waals surface area contributed by atoms with E-state index in [1.54, 1.807) is 18.4 Å². The van der Waals surface area contributed by atoms with E-state index in [2.05, 4.69) is 17.2 Å². The highest BCUT2D eigenvalue weighted by Gasteiger charge is 2.14. The number of hydrogen-bond acceptors (Lipinski definition) is 4. The van der Waals surface area contributed by atoms with Gasteiger partial charge in [0.05, 0.1) is 30.3 Å². The Morgan fingerprint density at radius 3 is 2.62 bits per heavy atom. The number of aryl methyl sites for hydroxylation is 1. The summed E-state index contributed by atoms with van der Waals surface area (Å²) in [4.78, 5) is 16.4. The molecular formula is C16H20N2O2S. The molecule has 1 aromatic carbocycles. The highest BCUT2D eigenvalue weighted by atomic mass is 32.1. The molecule has 0 aliphatic rings. The van der Waals surface area contributed by atoms with E-state index in [1.165, 1.54) is 0 Å². The average molecular weight is 304 g/mol. The zero-order valence-electron chi connectivity index (χ0n) is 12.6. The number of carbonyl (C=O) groups is 1. The zero-order valence-corrected chi connectivity index (χ0v) is 13.4. The number of ether oxygens (including phenoxy) is 1. The van der Waals surface area contributed by atoms with Crippen molar-refractivity contribution in [2.45, 2.75) is 32.7 Å². The Hall–Kier alpha value is -1.88. The van der Waals surface area contributed by atoms with Crippen LogP contribution in [0.15, 0.2) is 29.6 Å². The number of nitrogens with zero attached hydrogens (tertiary/aromatic N) is 1. The van der Waals surface area contributed by atoms with Crippen molar-refractivity contribution in [1.82, 2.24) is 10.3 Å². The van der Waals surface area contributed by atoms with E-state index >= 15 is 0 Å². The van der Waals surface area contributed by atoms with Gasteiger partial charge in [-0.25, -0.2) is 4.98 Å². The molecule has 1 amide bonds. The van der Waals surface area contributed by atoms with Gasteiger partial charge in [-0.2, -0.15) is 0 Å². The first-order chi connectivity index (χ1) is 10.1. The number of carbonyl (C=O) groups excluding carboxylic acids is 1. The lowest BCUT2D eigenvalue weighted by Crippen LogP contribution is -2.29. The molecule has 0 fully saturated rings. The molecule has 1 N–H and O–H groups in total. The second kappa shape index (κ2) is 7.22. The molecule has 1 unspecified atom stereocenters. The molecule has 1 aromatic heterocycles. The second-order valence-electron chi connectivity index (χ2n) is 4.84. The van der Waals surface area contributed by atoms with Crippen LogP contribution >= 0.6 is 11.3 Å². The Balaban J connectivity index is 1.98. The van der Waals surface area contributed by atoms with Crippen LogP contribution in [0.25, 0.3) is 0 Å². The standard InChI is InChI=1S/C16H20N2O2S/c1-4-15(12-5-7-14(20-3)8-6-12)18-16(19)9-13-10-21-11(2)17-13/h5-8,10,15H,4,9H2,1-3H3,(H,18,19). The van der Waals surface area contributed by atoms with Gasteiger partial charge in [-0.1, -0.05) is 19.1 Å². The molecule has 0 aliphatic carbocycles. The molecule has 1 heterocycles. The van der Waals surface area contributed by atoms with E-state index in [1.807, 2.05) is 36.6 Å². The first kappa shape index (κ1) is 15.5. The third kappa shape index (κ3) is 4.29. The molecule has 4 nitrogen and oxygen atoms in total. The molecule has 0 aliphatic heterocycles. The van der Waals surface area contributed by atoms with Crippen LogP contribution in [0.4, 0.5) is 0 Å². The van der Waals surface area contributed by atoms with Gasteiger partial charge in [0, 0.05) is 5.38 Å². The van der Waals surface area contributed by atoms with Gasteiger partial charge in [-0.3, -0.25) is 4.79 Å². The summed E-state index contributed by atoms with van der Waals surface area (Å²) in [6, 6.07) is 7.81. The second-order valence-corrected chi connectivity index (χ2v) is 5.90. The molecule has 1 atom stereocenters. The number of methoxy groups -OCH3 is 1. The van der Waals surface area contributed by atoms with Crippen LogP contribution in [0.1, 0.15) is 35.7 Å². The van der Waals surface area contributed by atoms with Crippen molar-refractivity contribution in [2.24, 2.45) is 0 Å². The fourth-order valence-corrected chi connectivity index (χ4v) is 2.77. The maximum absolute atomic E-state index is 12.1. The molecule has 0 spiro atoms. The lowest BCUT2D eigenvalue weighted by Gasteiger charge is -2.17. The molecule has 5 heteroatoms. The van der Waals surface area contributed by atoms with Crippen LogP contribution in [0, 0.1) is 6.92 Å². The normalized spacial score (nSPS) is 12.0. The smallest absolute Gasteiger partial charge is 0.226 e. The molecule has 2 aromatic rings. The van der Waals surface area contributed by atoms with E-state index in [4.69, 9.17) is 4.74 Å². The van der Waals surface area contributed by atoms with Crippen molar-refractivity contribution in [3.8, 4) is 5.75 Å². The third-order valence-corrected chi connectivity index (χ3v) is 4.09. The predicted octanol–water partition coefficient (Wildman–Crippen LogP) is 3.27. The van der Waals surface area contributed by atoms with Crippen molar-refractivity contribution >= 4 is 17.2 Å². The summed E-state index contributed by atoms with van der Waals surface area (Å²) in [5.41, 5.74) is 1.92. The molecule has 0 bridgehead atoms. The SMILES string of the molecule is CCC(NC(=O)Cc1csc(C)n1)c1ccc(OC)cc1. The largest absolute Gasteiger partial charge is 0.497 e. The number of nitrogens with one attached hydrogen (secondary N) is 1. The summed E-state index contributed by atoms with van der Waals surface area (Å²) >= 11 is 1.57. The van der Waals surface area contributed by atoms with Gasteiger partial charge < -0.3 is 10.1 Å². The first-order valence-corrected chi connectivity index (χ1v) is 7.84. The van der Waals surface area contributed by atoms with Gasteiger partial charge in [-0.15, -0.1) is 11.3 Å². The van der Waals surface area contributed by atoms with E-state index in [0.717, 1.165) is 28.4 Å². The Bertz CT molecular complexity index is 593. The topological polar surface area (TPSA) is 51.2 Å². The quantitative estimate of drug-likeness (QED) is 0.891. The van der Waals surface area contributed by atoms with Gasteiger partial charge in [0.25, 0.3) is 0 Å². The molecule has 2 rings (SSSR count). The van der Waals surface area contributed by atoms with Crippen LogP contribution in [-0.4, -0.2) is 18.0 Å². The molecule has 0 radical (unpaired) electrons. The third-order valence-electron chi connectivity index (χ3n) is 3.27. The van der Waals surface area contributed by atoms with Crippen LogP contribution in [-0.2, 0) is 11.2 Å². The zero-order chi connectivity index (χ0) is 15.2. The van der Waals surface area contributed by atoms with Gasteiger partial charge in [0.15, 0.2) is 0 Å². The van der Waals surface area contributed by atoms with Gasteiger partial charge >= 0.3 is 0 Å². The summed E-state index contributed by atoms with van der Waals surface area (Å²) in [6.45, 7) is 4.00. The first-order valence-electron chi connectivity index (χ1n) is 6.96. The van der Waals surface area contributed by atoms with Crippen molar-refractivity contribution in [1.29, 1.82) is 0 Å². The minimum Gasteiger partial charge on any atom is -0.497 e. The van der Waals surface area contributed by atoms with Crippen molar-refractivity contribution in [2.75, 3.05) is 7.11 Å². The number of thiazole rings is 1. The molecule has 0 saturated heterocycles.